The number of benzene rings is 4. The van der Waals surface area contributed by atoms with Crippen molar-refractivity contribution in [1.29, 1.82) is 0 Å². The maximum Gasteiger partial charge on any atom is 0.430 e. The quantitative estimate of drug-likeness (QED) is 0.0325. The van der Waals surface area contributed by atoms with Gasteiger partial charge in [0.1, 0.15) is 5.75 Å². The van der Waals surface area contributed by atoms with Crippen molar-refractivity contribution < 1.29 is 262 Å². The molecule has 0 saturated heterocycles. The summed E-state index contributed by atoms with van der Waals surface area (Å²) < 4.78 is 613. The van der Waals surface area contributed by atoms with Crippen LogP contribution in [0.1, 0.15) is 44.5 Å². The van der Waals surface area contributed by atoms with Crippen LogP contribution in [0, 0.1) is 10.1 Å². The van der Waals surface area contributed by atoms with Gasteiger partial charge in [0.15, 0.2) is 0 Å². The molecule has 0 unspecified atom stereocenters. The number of alkyl halides is 48. The van der Waals surface area contributed by atoms with Crippen molar-refractivity contribution in [2.24, 2.45) is 0 Å². The maximum atomic E-state index is 12.9. The number of hydrogen-bond acceptors (Lipinski definition) is 12. The van der Waals surface area contributed by atoms with Crippen LogP contribution in [0.3, 0.4) is 0 Å². The first-order chi connectivity index (χ1) is 46.9. The zero-order chi connectivity index (χ0) is 88.1. The lowest BCUT2D eigenvalue weighted by atomic mass is 9.85. The van der Waals surface area contributed by atoms with Crippen molar-refractivity contribution in [3.05, 3.63) is 133 Å². The highest BCUT2D eigenvalue weighted by Gasteiger charge is 2.80. The molecule has 0 saturated carbocycles. The number of aromatic hydroxyl groups is 1. The van der Waals surface area contributed by atoms with E-state index in [2.05, 4.69) is 0 Å². The second-order valence-electron chi connectivity index (χ2n) is 20.9. The third kappa shape index (κ3) is 17.6. The number of aliphatic hydroxyl groups is 8. The van der Waals surface area contributed by atoms with Crippen molar-refractivity contribution in [2.75, 3.05) is 5.73 Å². The van der Waals surface area contributed by atoms with Crippen LogP contribution in [0.5, 0.6) is 5.75 Å². The first-order valence-corrected chi connectivity index (χ1v) is 25.0. The molecule has 0 heterocycles. The van der Waals surface area contributed by atoms with Gasteiger partial charge < -0.3 is 51.7 Å². The number of rotatable bonds is 9. The average Bonchev–Trinajstić information content (AvgIpc) is 0.735. The van der Waals surface area contributed by atoms with E-state index in [4.69, 9.17) is 51.7 Å². The zero-order valence-electron chi connectivity index (χ0n) is 49.0. The van der Waals surface area contributed by atoms with Gasteiger partial charge in [-0.25, -0.2) is 0 Å². The van der Waals surface area contributed by atoms with E-state index in [9.17, 15) is 221 Å². The van der Waals surface area contributed by atoms with Gasteiger partial charge in [0, 0.05) is 62.3 Å². The smallest absolute Gasteiger partial charge is 0.430 e. The minimum atomic E-state index is -6.79. The standard InChI is InChI=1S/C12H5F12NO4.C12H7F12NO2.C12H6F12O3.C12H6F12O2/c13-9(14,15)7(26,10(16,17)18)4-1-5(3-6(2-4)25(28)29)8(27,11(19,20)21)12(22,23)24;2*13-9(14,15)7(26,10(16,17)18)4-1-5(3-6(25)2-4)8(27,11(19,20)21)12(22,23)24;13-9(14,15)7(25,10(16,17)18)5-2-1-3-6(4-5)8(26,11(19,20)21)12(22,23)24/h1-3,26-27H;1-3,26-27H,25H2;1-3,25-27H;1-4,25-26H. The number of anilines is 1. The molecule has 109 heavy (non-hydrogen) atoms. The Morgan fingerprint density at radius 1 is 0.229 bits per heavy atom. The SMILES string of the molecule is Nc1cc(C(O)(C(F)(F)F)C(F)(F)F)cc(C(O)(C(F)(F)F)C(F)(F)F)c1.O=[N+]([O-])c1cc(C(O)(C(F)(F)F)C(F)(F)F)cc(C(O)(C(F)(F)F)C(F)(F)F)c1.OC(c1cccc(C(O)(C(F)(F)F)C(F)(F)F)c1)(C(F)(F)F)C(F)(F)F.Oc1cc(C(O)(C(F)(F)F)C(F)(F)F)cc(C(O)(C(F)(F)F)C(F)(F)F)c1. The van der Waals surface area contributed by atoms with E-state index in [1.807, 2.05) is 0 Å². The number of phenols is 1. The fraction of sp³-hybridized carbons (Fsp3) is 0.500. The number of nitrogen functional groups attached to an aromatic ring is 1. The summed E-state index contributed by atoms with van der Waals surface area (Å²) >= 11 is 0. The molecular formula is C48H24F48N2O11. The Morgan fingerprint density at radius 3 is 0.505 bits per heavy atom. The minimum Gasteiger partial charge on any atom is -0.508 e. The summed E-state index contributed by atoms with van der Waals surface area (Å²) in [6.45, 7) is 0. The monoisotopic (exact) mass is 1720 g/mol. The molecule has 628 valence electrons. The van der Waals surface area contributed by atoms with Gasteiger partial charge in [-0.3, -0.25) is 10.1 Å². The van der Waals surface area contributed by atoms with E-state index in [-0.39, 0.29) is 30.3 Å². The Bertz CT molecular complexity index is 3370. The van der Waals surface area contributed by atoms with Gasteiger partial charge in [0.25, 0.3) is 50.5 Å². The molecule has 0 aliphatic carbocycles. The largest absolute Gasteiger partial charge is 0.508 e. The van der Waals surface area contributed by atoms with Crippen molar-refractivity contribution in [3.63, 3.8) is 0 Å². The Morgan fingerprint density at radius 2 is 0.358 bits per heavy atom. The number of halogens is 48. The first-order valence-electron chi connectivity index (χ1n) is 25.0. The predicted molar refractivity (Wildman–Crippen MR) is 247 cm³/mol. The van der Waals surface area contributed by atoms with E-state index < -0.39 is 259 Å². The highest BCUT2D eigenvalue weighted by atomic mass is 19.5. The van der Waals surface area contributed by atoms with Crippen LogP contribution in [-0.2, 0) is 44.8 Å². The Labute approximate surface area is 561 Å². The summed E-state index contributed by atoms with van der Waals surface area (Å²) in [6, 6.07) is -7.47. The van der Waals surface area contributed by atoms with E-state index in [0.717, 1.165) is 0 Å². The molecule has 0 amide bonds. The topological polar surface area (TPSA) is 251 Å². The van der Waals surface area contributed by atoms with Crippen molar-refractivity contribution in [1.82, 2.24) is 0 Å². The van der Waals surface area contributed by atoms with Gasteiger partial charge in [-0.15, -0.1) is 0 Å². The van der Waals surface area contributed by atoms with Crippen molar-refractivity contribution in [3.8, 4) is 5.75 Å². The molecule has 0 aliphatic rings. The molecule has 0 fully saturated rings. The number of nitro benzene ring substituents is 1. The van der Waals surface area contributed by atoms with Crippen LogP contribution < -0.4 is 5.73 Å². The maximum absolute atomic E-state index is 12.9. The first kappa shape index (κ1) is 99.2. The van der Waals surface area contributed by atoms with Crippen LogP contribution in [0.25, 0.3) is 0 Å². The fourth-order valence-electron chi connectivity index (χ4n) is 8.11. The third-order valence-electron chi connectivity index (χ3n) is 13.8. The Balaban J connectivity index is 0.000000727. The predicted octanol–water partition coefficient (Wildman–Crippen LogP) is 16.4. The number of nitro groups is 1. The summed E-state index contributed by atoms with van der Waals surface area (Å²) in [5.41, 5.74) is -66.7. The summed E-state index contributed by atoms with van der Waals surface area (Å²) in [5.74, 6) is -1.94. The summed E-state index contributed by atoms with van der Waals surface area (Å²) in [6.07, 6.45) is -106. The van der Waals surface area contributed by atoms with Gasteiger partial charge in [-0.2, -0.15) is 211 Å². The zero-order valence-corrected chi connectivity index (χ0v) is 49.0. The lowest BCUT2D eigenvalue weighted by Crippen LogP contribution is -2.55. The van der Waals surface area contributed by atoms with Gasteiger partial charge in [-0.1, -0.05) is 18.2 Å². The van der Waals surface area contributed by atoms with E-state index in [0.29, 0.717) is 0 Å². The van der Waals surface area contributed by atoms with E-state index in [1.54, 1.807) is 0 Å². The molecule has 61 heteroatoms. The molecule has 0 aromatic heterocycles. The molecule has 4 rings (SSSR count). The number of phenolic OH excluding ortho intramolecular Hbond substituents is 1. The molecule has 0 radical (unpaired) electrons. The molecule has 0 bridgehead atoms. The number of hydrogen-bond donors (Lipinski definition) is 10. The van der Waals surface area contributed by atoms with Crippen molar-refractivity contribution in [2.45, 2.75) is 144 Å². The summed E-state index contributed by atoms with van der Waals surface area (Å²) in [5, 5.41) is 92.6. The van der Waals surface area contributed by atoms with Crippen LogP contribution in [-0.4, -0.2) is 150 Å². The fourth-order valence-corrected chi connectivity index (χ4v) is 8.11. The van der Waals surface area contributed by atoms with Crippen LogP contribution >= 0.6 is 0 Å². The summed E-state index contributed by atoms with van der Waals surface area (Å²) in [4.78, 5) is 8.75. The minimum absolute atomic E-state index is 0.0322. The van der Waals surface area contributed by atoms with E-state index in [1.165, 1.54) is 0 Å². The van der Waals surface area contributed by atoms with Gasteiger partial charge in [-0.05, 0) is 48.5 Å². The molecule has 0 spiro atoms. The van der Waals surface area contributed by atoms with Crippen LogP contribution in [0.15, 0.2) is 78.9 Å². The third-order valence-corrected chi connectivity index (χ3v) is 13.8. The van der Waals surface area contributed by atoms with Gasteiger partial charge in [0.05, 0.1) is 4.92 Å². The highest BCUT2D eigenvalue weighted by molar-refractivity contribution is 5.51. The normalized spacial score (nSPS) is 15.1. The lowest BCUT2D eigenvalue weighted by molar-refractivity contribution is -0.389. The Hall–Kier alpha value is -7.80. The molecule has 11 N–H and O–H groups in total. The van der Waals surface area contributed by atoms with Crippen LogP contribution in [0.4, 0.5) is 222 Å². The Kier molecular flexibility index (Phi) is 26.2. The molecule has 0 atom stereocenters. The van der Waals surface area contributed by atoms with Crippen LogP contribution in [0.2, 0.25) is 0 Å². The number of nitrogens with zero attached hydrogens (tertiary/aromatic N) is 1. The number of nitrogens with two attached hydrogens (primary N) is 1. The summed E-state index contributed by atoms with van der Waals surface area (Å²) in [7, 11) is 0. The van der Waals surface area contributed by atoms with Gasteiger partial charge >= 0.3 is 98.8 Å². The van der Waals surface area contributed by atoms with Gasteiger partial charge in [0.2, 0.25) is 0 Å². The molecule has 4 aromatic rings. The van der Waals surface area contributed by atoms with Crippen molar-refractivity contribution >= 4 is 11.4 Å². The number of non-ortho nitro benzene ring substituents is 1. The average molecular weight is 1720 g/mol. The second-order valence-corrected chi connectivity index (χ2v) is 20.9. The van der Waals surface area contributed by atoms with E-state index >= 15 is 0 Å². The second kappa shape index (κ2) is 28.7. The lowest BCUT2D eigenvalue weighted by Gasteiger charge is -2.36. The highest BCUT2D eigenvalue weighted by Crippen LogP contribution is 2.61. The molecule has 0 aliphatic heterocycles. The molecule has 4 aromatic carbocycles. The molecule has 13 nitrogen and oxygen atoms in total. The molecular weight excluding hydrogens is 1690 g/mol.